The number of halogens is 1. The number of aryl methyl sites for hydroxylation is 3. The molecule has 1 fully saturated rings. The summed E-state index contributed by atoms with van der Waals surface area (Å²) in [4.78, 5) is 2.41. The van der Waals surface area contributed by atoms with Gasteiger partial charge in [0, 0.05) is 31.3 Å². The van der Waals surface area contributed by atoms with E-state index < -0.39 is 0 Å². The van der Waals surface area contributed by atoms with Crippen LogP contribution in [-0.4, -0.2) is 26.4 Å². The minimum atomic E-state index is 0.327. The van der Waals surface area contributed by atoms with Gasteiger partial charge in [-0.25, -0.2) is 0 Å². The van der Waals surface area contributed by atoms with E-state index in [9.17, 15) is 0 Å². The van der Waals surface area contributed by atoms with Crippen LogP contribution in [-0.2, 0) is 13.6 Å². The van der Waals surface area contributed by atoms with Crippen LogP contribution >= 0.6 is 11.6 Å². The quantitative estimate of drug-likeness (QED) is 0.873. The second-order valence-electron chi connectivity index (χ2n) is 5.47. The fourth-order valence-electron chi connectivity index (χ4n) is 3.07. The molecule has 0 saturated carbocycles. The van der Waals surface area contributed by atoms with Crippen molar-refractivity contribution in [1.29, 1.82) is 0 Å². The van der Waals surface area contributed by atoms with Crippen LogP contribution in [0.15, 0.2) is 10.6 Å². The summed E-state index contributed by atoms with van der Waals surface area (Å²) in [5, 5.41) is 9.26. The van der Waals surface area contributed by atoms with Crippen LogP contribution in [0.2, 0.25) is 5.15 Å². The standard InChI is InChI=1S/C14H19ClN4O/c1-9-7-11(17-20-9)8-19-6-4-5-12(19)13-10(2)16-18(3)14(13)15/h7,12H,4-6,8H2,1-3H3/t12-/m1/s1. The van der Waals surface area contributed by atoms with E-state index in [0.29, 0.717) is 6.04 Å². The molecule has 2 aromatic rings. The molecular weight excluding hydrogens is 276 g/mol. The molecule has 0 aliphatic carbocycles. The van der Waals surface area contributed by atoms with Crippen LogP contribution in [0, 0.1) is 13.8 Å². The lowest BCUT2D eigenvalue weighted by atomic mass is 10.1. The lowest BCUT2D eigenvalue weighted by Crippen LogP contribution is -2.23. The third-order valence-electron chi connectivity index (χ3n) is 3.93. The maximum absolute atomic E-state index is 6.41. The maximum Gasteiger partial charge on any atom is 0.133 e. The number of hydrogen-bond acceptors (Lipinski definition) is 4. The van der Waals surface area contributed by atoms with E-state index in [4.69, 9.17) is 16.1 Å². The normalized spacial score (nSPS) is 19.9. The molecule has 0 spiro atoms. The predicted molar refractivity (Wildman–Crippen MR) is 76.6 cm³/mol. The number of nitrogens with zero attached hydrogens (tertiary/aromatic N) is 4. The largest absolute Gasteiger partial charge is 0.361 e. The molecule has 5 nitrogen and oxygen atoms in total. The van der Waals surface area contributed by atoms with Gasteiger partial charge >= 0.3 is 0 Å². The minimum Gasteiger partial charge on any atom is -0.361 e. The number of aromatic nitrogens is 3. The van der Waals surface area contributed by atoms with Gasteiger partial charge in [0.15, 0.2) is 0 Å². The summed E-state index contributed by atoms with van der Waals surface area (Å²) in [5.41, 5.74) is 3.16. The van der Waals surface area contributed by atoms with Crippen molar-refractivity contribution >= 4 is 11.6 Å². The summed E-state index contributed by atoms with van der Waals surface area (Å²) in [6, 6.07) is 2.32. The fourth-order valence-corrected chi connectivity index (χ4v) is 3.37. The average Bonchev–Trinajstić information content (AvgIpc) is 3.05. The molecule has 0 radical (unpaired) electrons. The van der Waals surface area contributed by atoms with Crippen LogP contribution in [0.4, 0.5) is 0 Å². The first-order valence-corrected chi connectivity index (χ1v) is 7.29. The Morgan fingerprint density at radius 2 is 2.25 bits per heavy atom. The summed E-state index contributed by atoms with van der Waals surface area (Å²) in [6.45, 7) is 5.80. The van der Waals surface area contributed by atoms with Gasteiger partial charge in [0.1, 0.15) is 10.9 Å². The second kappa shape index (κ2) is 5.22. The molecule has 1 saturated heterocycles. The Morgan fingerprint density at radius 1 is 1.45 bits per heavy atom. The summed E-state index contributed by atoms with van der Waals surface area (Å²) in [6.07, 6.45) is 2.29. The molecule has 20 heavy (non-hydrogen) atoms. The zero-order valence-corrected chi connectivity index (χ0v) is 12.8. The molecule has 0 aromatic carbocycles. The molecule has 108 valence electrons. The first-order valence-electron chi connectivity index (χ1n) is 6.91. The molecule has 6 heteroatoms. The van der Waals surface area contributed by atoms with E-state index in [1.807, 2.05) is 27.0 Å². The summed E-state index contributed by atoms with van der Waals surface area (Å²) >= 11 is 6.41. The monoisotopic (exact) mass is 294 g/mol. The molecule has 3 rings (SSSR count). The molecule has 3 heterocycles. The van der Waals surface area contributed by atoms with Crippen molar-refractivity contribution in [3.05, 3.63) is 33.9 Å². The van der Waals surface area contributed by atoms with Gasteiger partial charge in [-0.05, 0) is 33.2 Å². The van der Waals surface area contributed by atoms with Crippen molar-refractivity contribution in [3.63, 3.8) is 0 Å². The highest BCUT2D eigenvalue weighted by Gasteiger charge is 2.31. The smallest absolute Gasteiger partial charge is 0.133 e. The molecule has 0 N–H and O–H groups in total. The molecule has 1 atom stereocenters. The Bertz CT molecular complexity index is 619. The second-order valence-corrected chi connectivity index (χ2v) is 5.83. The van der Waals surface area contributed by atoms with Crippen molar-refractivity contribution in [2.75, 3.05) is 6.54 Å². The first-order chi connectivity index (χ1) is 9.56. The van der Waals surface area contributed by atoms with E-state index in [2.05, 4.69) is 15.2 Å². The maximum atomic E-state index is 6.41. The highest BCUT2D eigenvalue weighted by atomic mass is 35.5. The van der Waals surface area contributed by atoms with Crippen LogP contribution < -0.4 is 0 Å². The summed E-state index contributed by atoms with van der Waals surface area (Å²) < 4.78 is 6.90. The Kier molecular flexibility index (Phi) is 3.56. The molecule has 1 aliphatic heterocycles. The third-order valence-corrected chi connectivity index (χ3v) is 4.38. The third kappa shape index (κ3) is 2.36. The SMILES string of the molecule is Cc1cc(CN2CCC[C@@H]2c2c(C)nn(C)c2Cl)no1. The zero-order chi connectivity index (χ0) is 14.3. The Balaban J connectivity index is 1.85. The van der Waals surface area contributed by atoms with Crippen molar-refractivity contribution < 1.29 is 4.52 Å². The van der Waals surface area contributed by atoms with Gasteiger partial charge in [-0.1, -0.05) is 16.8 Å². The number of rotatable bonds is 3. The van der Waals surface area contributed by atoms with Crippen molar-refractivity contribution in [2.45, 2.75) is 39.3 Å². The van der Waals surface area contributed by atoms with Crippen LogP contribution in [0.3, 0.4) is 0 Å². The average molecular weight is 295 g/mol. The van der Waals surface area contributed by atoms with Crippen molar-refractivity contribution in [1.82, 2.24) is 19.8 Å². The molecule has 0 bridgehead atoms. The Labute approximate surface area is 123 Å². The van der Waals surface area contributed by atoms with E-state index >= 15 is 0 Å². The van der Waals surface area contributed by atoms with Gasteiger partial charge in [0.05, 0.1) is 11.4 Å². The van der Waals surface area contributed by atoms with Gasteiger partial charge in [-0.2, -0.15) is 5.10 Å². The van der Waals surface area contributed by atoms with Crippen LogP contribution in [0.1, 0.15) is 41.6 Å². The number of hydrogen-bond donors (Lipinski definition) is 0. The molecular formula is C14H19ClN4O. The van der Waals surface area contributed by atoms with Gasteiger partial charge in [0.25, 0.3) is 0 Å². The zero-order valence-electron chi connectivity index (χ0n) is 12.1. The minimum absolute atomic E-state index is 0.327. The van der Waals surface area contributed by atoms with Crippen LogP contribution in [0.5, 0.6) is 0 Å². The molecule has 0 amide bonds. The van der Waals surface area contributed by atoms with Crippen molar-refractivity contribution in [3.8, 4) is 0 Å². The number of likely N-dealkylation sites (tertiary alicyclic amines) is 1. The summed E-state index contributed by atoms with van der Waals surface area (Å²) in [7, 11) is 1.89. The highest BCUT2D eigenvalue weighted by molar-refractivity contribution is 6.30. The lowest BCUT2D eigenvalue weighted by molar-refractivity contribution is 0.239. The summed E-state index contributed by atoms with van der Waals surface area (Å²) in [5.74, 6) is 0.853. The van der Waals surface area contributed by atoms with Crippen LogP contribution in [0.25, 0.3) is 0 Å². The Morgan fingerprint density at radius 3 is 2.85 bits per heavy atom. The fraction of sp³-hybridized carbons (Fsp3) is 0.571. The van der Waals surface area contributed by atoms with Crippen molar-refractivity contribution in [2.24, 2.45) is 7.05 Å². The molecule has 1 aliphatic rings. The molecule has 2 aromatic heterocycles. The van der Waals surface area contributed by atoms with E-state index in [1.54, 1.807) is 4.68 Å². The molecule has 0 unspecified atom stereocenters. The van der Waals surface area contributed by atoms with Gasteiger partial charge < -0.3 is 4.52 Å². The van der Waals surface area contributed by atoms with E-state index in [0.717, 1.165) is 47.4 Å². The van der Waals surface area contributed by atoms with Gasteiger partial charge in [-0.3, -0.25) is 9.58 Å². The first kappa shape index (κ1) is 13.6. The highest BCUT2D eigenvalue weighted by Crippen LogP contribution is 2.38. The van der Waals surface area contributed by atoms with Gasteiger partial charge in [0.2, 0.25) is 0 Å². The predicted octanol–water partition coefficient (Wildman–Crippen LogP) is 3.02. The lowest BCUT2D eigenvalue weighted by Gasteiger charge is -2.23. The Hall–Kier alpha value is -1.33. The van der Waals surface area contributed by atoms with Gasteiger partial charge in [-0.15, -0.1) is 0 Å². The van der Waals surface area contributed by atoms with E-state index in [-0.39, 0.29) is 0 Å². The van der Waals surface area contributed by atoms with E-state index in [1.165, 1.54) is 6.42 Å². The topological polar surface area (TPSA) is 47.1 Å².